The van der Waals surface area contributed by atoms with Crippen molar-refractivity contribution >= 4 is 29.3 Å². The van der Waals surface area contributed by atoms with E-state index in [9.17, 15) is 4.79 Å². The number of halogens is 1. The number of pyridine rings is 1. The van der Waals surface area contributed by atoms with Crippen LogP contribution in [0.3, 0.4) is 0 Å². The van der Waals surface area contributed by atoms with Crippen molar-refractivity contribution in [3.05, 3.63) is 42.1 Å². The van der Waals surface area contributed by atoms with Crippen molar-refractivity contribution in [1.29, 1.82) is 0 Å². The molecule has 2 aromatic rings. The first-order valence-electron chi connectivity index (χ1n) is 5.97. The molecule has 1 atom stereocenters. The van der Waals surface area contributed by atoms with Crippen molar-refractivity contribution < 1.29 is 9.53 Å². The molecule has 0 spiro atoms. The van der Waals surface area contributed by atoms with E-state index >= 15 is 0 Å². The van der Waals surface area contributed by atoms with Crippen LogP contribution in [-0.4, -0.2) is 17.6 Å². The van der Waals surface area contributed by atoms with Crippen LogP contribution in [0.25, 0.3) is 10.9 Å². The van der Waals surface area contributed by atoms with Crippen molar-refractivity contribution in [2.75, 3.05) is 6.61 Å². The Bertz CT molecular complexity index is 555. The second-order valence-electron chi connectivity index (χ2n) is 4.03. The summed E-state index contributed by atoms with van der Waals surface area (Å²) in [4.78, 5) is 15.7. The van der Waals surface area contributed by atoms with Gasteiger partial charge in [-0.3, -0.25) is 9.78 Å². The minimum absolute atomic E-state index is 0. The Hall–Kier alpha value is -1.65. The Balaban J connectivity index is 0.00000180. The number of esters is 1. The summed E-state index contributed by atoms with van der Waals surface area (Å²) in [6.07, 6.45) is 1.89. The van der Waals surface area contributed by atoms with Crippen molar-refractivity contribution in [2.45, 2.75) is 19.4 Å². The fraction of sp³-hybridized carbons (Fsp3) is 0.286. The normalized spacial score (nSPS) is 11.7. The van der Waals surface area contributed by atoms with Crippen LogP contribution in [0.1, 0.15) is 24.9 Å². The highest BCUT2D eigenvalue weighted by Gasteiger charge is 2.14. The number of nitrogens with zero attached hydrogens (tertiary/aromatic N) is 1. The third-order valence-corrected chi connectivity index (χ3v) is 2.77. The molecule has 102 valence electrons. The number of aromatic nitrogens is 1. The maximum Gasteiger partial charge on any atom is 0.307 e. The zero-order chi connectivity index (χ0) is 13.0. The first-order chi connectivity index (χ1) is 8.72. The van der Waals surface area contributed by atoms with Gasteiger partial charge in [0.2, 0.25) is 0 Å². The van der Waals surface area contributed by atoms with Gasteiger partial charge in [-0.2, -0.15) is 0 Å². The molecular formula is C14H17ClN2O2. The SMILES string of the molecule is CCOC(=O)C[C@@H](N)c1ccnc2ccccc12.Cl. The van der Waals surface area contributed by atoms with Gasteiger partial charge >= 0.3 is 5.97 Å². The molecule has 0 aliphatic rings. The Morgan fingerprint density at radius 1 is 1.37 bits per heavy atom. The fourth-order valence-corrected chi connectivity index (χ4v) is 1.95. The van der Waals surface area contributed by atoms with Crippen LogP contribution >= 0.6 is 12.4 Å². The molecule has 4 nitrogen and oxygen atoms in total. The number of carbonyl (C=O) groups is 1. The minimum atomic E-state index is -0.364. The number of fused-ring (bicyclic) bond motifs is 1. The third-order valence-electron chi connectivity index (χ3n) is 2.77. The standard InChI is InChI=1S/C14H16N2O2.ClH/c1-2-18-14(17)9-12(15)10-7-8-16-13-6-4-3-5-11(10)13;/h3-8,12H,2,9,15H2,1H3;1H/t12-;/m1./s1. The van der Waals surface area contributed by atoms with Crippen LogP contribution in [0.5, 0.6) is 0 Å². The maximum absolute atomic E-state index is 11.4. The highest BCUT2D eigenvalue weighted by atomic mass is 35.5. The molecule has 0 radical (unpaired) electrons. The Labute approximate surface area is 118 Å². The van der Waals surface area contributed by atoms with E-state index in [1.54, 1.807) is 13.1 Å². The van der Waals surface area contributed by atoms with E-state index in [0.717, 1.165) is 16.5 Å². The van der Waals surface area contributed by atoms with Gasteiger partial charge in [-0.15, -0.1) is 12.4 Å². The highest BCUT2D eigenvalue weighted by Crippen LogP contribution is 2.23. The molecule has 19 heavy (non-hydrogen) atoms. The number of hydrogen-bond acceptors (Lipinski definition) is 4. The summed E-state index contributed by atoms with van der Waals surface area (Å²) in [7, 11) is 0. The molecule has 1 aromatic carbocycles. The van der Waals surface area contributed by atoms with Crippen LogP contribution in [-0.2, 0) is 9.53 Å². The summed E-state index contributed by atoms with van der Waals surface area (Å²) in [5, 5.41) is 0.983. The summed E-state index contributed by atoms with van der Waals surface area (Å²) < 4.78 is 4.91. The van der Waals surface area contributed by atoms with E-state index < -0.39 is 0 Å². The molecule has 1 heterocycles. The monoisotopic (exact) mass is 280 g/mol. The zero-order valence-corrected chi connectivity index (χ0v) is 11.5. The predicted octanol–water partition coefficient (Wildman–Crippen LogP) is 2.61. The van der Waals surface area contributed by atoms with Crippen molar-refractivity contribution in [3.63, 3.8) is 0 Å². The number of benzene rings is 1. The van der Waals surface area contributed by atoms with Gasteiger partial charge in [0.15, 0.2) is 0 Å². The van der Waals surface area contributed by atoms with Crippen LogP contribution < -0.4 is 5.73 Å². The highest BCUT2D eigenvalue weighted by molar-refractivity contribution is 5.85. The van der Waals surface area contributed by atoms with Crippen LogP contribution in [0.2, 0.25) is 0 Å². The van der Waals surface area contributed by atoms with Gasteiger partial charge in [0, 0.05) is 17.6 Å². The molecule has 0 unspecified atom stereocenters. The molecule has 0 saturated carbocycles. The van der Waals surface area contributed by atoms with Crippen LogP contribution in [0.15, 0.2) is 36.5 Å². The molecular weight excluding hydrogens is 264 g/mol. The number of nitrogens with two attached hydrogens (primary N) is 1. The molecule has 2 N–H and O–H groups in total. The molecule has 0 aliphatic carbocycles. The first kappa shape index (κ1) is 15.4. The second-order valence-corrected chi connectivity index (χ2v) is 4.03. The zero-order valence-electron chi connectivity index (χ0n) is 10.7. The second kappa shape index (κ2) is 7.07. The molecule has 0 fully saturated rings. The third kappa shape index (κ3) is 3.66. The number of ether oxygens (including phenoxy) is 1. The maximum atomic E-state index is 11.4. The number of rotatable bonds is 4. The molecule has 0 bridgehead atoms. The average molecular weight is 281 g/mol. The smallest absolute Gasteiger partial charge is 0.307 e. The lowest BCUT2D eigenvalue weighted by molar-refractivity contribution is -0.143. The van der Waals surface area contributed by atoms with Crippen LogP contribution in [0.4, 0.5) is 0 Å². The van der Waals surface area contributed by atoms with Gasteiger partial charge in [0.05, 0.1) is 18.5 Å². The Morgan fingerprint density at radius 3 is 2.84 bits per heavy atom. The Morgan fingerprint density at radius 2 is 2.11 bits per heavy atom. The average Bonchev–Trinajstić information content (AvgIpc) is 2.38. The summed E-state index contributed by atoms with van der Waals surface area (Å²) in [5.41, 5.74) is 7.87. The molecule has 5 heteroatoms. The number of hydrogen-bond donors (Lipinski definition) is 1. The van der Waals surface area contributed by atoms with E-state index in [4.69, 9.17) is 10.5 Å². The molecule has 0 saturated heterocycles. The van der Waals surface area contributed by atoms with Crippen molar-refractivity contribution in [2.24, 2.45) is 5.73 Å². The molecule has 0 amide bonds. The van der Waals surface area contributed by atoms with Gasteiger partial charge in [-0.25, -0.2) is 0 Å². The van der Waals surface area contributed by atoms with Gasteiger partial charge < -0.3 is 10.5 Å². The topological polar surface area (TPSA) is 65.2 Å². The summed E-state index contributed by atoms with van der Waals surface area (Å²) in [6.45, 7) is 2.16. The van der Waals surface area contributed by atoms with Crippen molar-refractivity contribution in [1.82, 2.24) is 4.98 Å². The van der Waals surface area contributed by atoms with E-state index in [0.29, 0.717) is 6.61 Å². The lowest BCUT2D eigenvalue weighted by Crippen LogP contribution is -2.17. The van der Waals surface area contributed by atoms with E-state index in [-0.39, 0.29) is 30.8 Å². The van der Waals surface area contributed by atoms with Crippen molar-refractivity contribution in [3.8, 4) is 0 Å². The van der Waals surface area contributed by atoms with Gasteiger partial charge in [0.25, 0.3) is 0 Å². The largest absolute Gasteiger partial charge is 0.466 e. The first-order valence-corrected chi connectivity index (χ1v) is 5.97. The molecule has 0 aliphatic heterocycles. The quantitative estimate of drug-likeness (QED) is 0.875. The van der Waals surface area contributed by atoms with Crippen LogP contribution in [0, 0.1) is 0 Å². The summed E-state index contributed by atoms with van der Waals surface area (Å²) >= 11 is 0. The van der Waals surface area contributed by atoms with E-state index in [1.165, 1.54) is 0 Å². The number of carbonyl (C=O) groups excluding carboxylic acids is 1. The summed E-state index contributed by atoms with van der Waals surface area (Å²) in [5.74, 6) is -0.272. The lowest BCUT2D eigenvalue weighted by atomic mass is 10.0. The molecule has 1 aromatic heterocycles. The minimum Gasteiger partial charge on any atom is -0.466 e. The van der Waals surface area contributed by atoms with Gasteiger partial charge in [0.1, 0.15) is 0 Å². The lowest BCUT2D eigenvalue weighted by Gasteiger charge is -2.13. The Kier molecular flexibility index (Phi) is 5.73. The van der Waals surface area contributed by atoms with Gasteiger partial charge in [-0.05, 0) is 24.6 Å². The van der Waals surface area contributed by atoms with E-state index in [1.807, 2.05) is 30.3 Å². The van der Waals surface area contributed by atoms with Gasteiger partial charge in [-0.1, -0.05) is 18.2 Å². The molecule has 2 rings (SSSR count). The van der Waals surface area contributed by atoms with E-state index in [2.05, 4.69) is 4.98 Å². The predicted molar refractivity (Wildman–Crippen MR) is 77.2 cm³/mol. The number of para-hydroxylation sites is 1. The summed E-state index contributed by atoms with van der Waals surface area (Å²) in [6, 6.07) is 9.24. The fourth-order valence-electron chi connectivity index (χ4n) is 1.95.